The molecule has 1 rings (SSSR count). The van der Waals surface area contributed by atoms with Gasteiger partial charge in [-0.15, -0.1) is 0 Å². The highest BCUT2D eigenvalue weighted by Gasteiger charge is 2.42. The summed E-state index contributed by atoms with van der Waals surface area (Å²) >= 11 is 8.88. The Morgan fingerprint density at radius 1 is 1.59 bits per heavy atom. The van der Waals surface area contributed by atoms with Crippen molar-refractivity contribution in [3.8, 4) is 5.75 Å². The SMILES string of the molecule is Cc1cc(Br)cc(Cl)c1OC(F)(F)C(=O)NN. The van der Waals surface area contributed by atoms with Gasteiger partial charge in [0, 0.05) is 4.47 Å². The lowest BCUT2D eigenvalue weighted by Gasteiger charge is -2.18. The fourth-order valence-electron chi connectivity index (χ4n) is 1.08. The Kier molecular flexibility index (Phi) is 4.29. The van der Waals surface area contributed by atoms with Crippen molar-refractivity contribution in [2.24, 2.45) is 5.84 Å². The third kappa shape index (κ3) is 3.27. The molecule has 0 aliphatic rings. The molecule has 4 nitrogen and oxygen atoms in total. The maximum atomic E-state index is 13.2. The number of aryl methyl sites for hydroxylation is 1. The molecule has 0 aliphatic carbocycles. The number of halogens is 4. The van der Waals surface area contributed by atoms with Gasteiger partial charge < -0.3 is 4.74 Å². The average molecular weight is 330 g/mol. The maximum Gasteiger partial charge on any atom is 0.483 e. The molecule has 3 N–H and O–H groups in total. The lowest BCUT2D eigenvalue weighted by molar-refractivity contribution is -0.193. The number of alkyl halides is 2. The number of amides is 1. The smallest absolute Gasteiger partial charge is 0.423 e. The van der Waals surface area contributed by atoms with Crippen LogP contribution in [-0.2, 0) is 4.79 Å². The Bertz CT molecular complexity index is 434. The molecule has 17 heavy (non-hydrogen) atoms. The van der Waals surface area contributed by atoms with Crippen LogP contribution in [0.3, 0.4) is 0 Å². The van der Waals surface area contributed by atoms with Crippen LogP contribution < -0.4 is 16.0 Å². The standard InChI is InChI=1S/C9H8BrClF2N2O2/c1-4-2-5(10)3-6(11)7(4)17-9(12,13)8(16)15-14/h2-3H,14H2,1H3,(H,15,16). The van der Waals surface area contributed by atoms with Gasteiger partial charge in [0.15, 0.2) is 0 Å². The number of nitrogens with one attached hydrogen (secondary N) is 1. The van der Waals surface area contributed by atoms with E-state index in [0.29, 0.717) is 10.0 Å². The zero-order valence-corrected chi connectivity index (χ0v) is 10.9. The van der Waals surface area contributed by atoms with E-state index < -0.39 is 12.0 Å². The summed E-state index contributed by atoms with van der Waals surface area (Å²) in [5, 5.41) is -0.0404. The average Bonchev–Trinajstić information content (AvgIpc) is 2.22. The summed E-state index contributed by atoms with van der Waals surface area (Å²) in [5.41, 5.74) is 1.66. The molecule has 0 fully saturated rings. The summed E-state index contributed by atoms with van der Waals surface area (Å²) in [6, 6.07) is 2.90. The number of hydrazine groups is 1. The van der Waals surface area contributed by atoms with E-state index in [-0.39, 0.29) is 10.8 Å². The lowest BCUT2D eigenvalue weighted by Crippen LogP contribution is -2.47. The number of carbonyl (C=O) groups excluding carboxylic acids is 1. The molecule has 0 radical (unpaired) electrons. The second-order valence-corrected chi connectivity index (χ2v) is 4.45. The van der Waals surface area contributed by atoms with E-state index in [9.17, 15) is 13.6 Å². The van der Waals surface area contributed by atoms with Gasteiger partial charge in [-0.2, -0.15) is 8.78 Å². The molecule has 8 heteroatoms. The van der Waals surface area contributed by atoms with Crippen molar-refractivity contribution in [3.63, 3.8) is 0 Å². The van der Waals surface area contributed by atoms with Crippen molar-refractivity contribution >= 4 is 33.4 Å². The summed E-state index contributed by atoms with van der Waals surface area (Å²) in [7, 11) is 0. The van der Waals surface area contributed by atoms with Gasteiger partial charge in [-0.1, -0.05) is 27.5 Å². The van der Waals surface area contributed by atoms with E-state index in [1.165, 1.54) is 24.5 Å². The molecular weight excluding hydrogens is 321 g/mol. The van der Waals surface area contributed by atoms with Gasteiger partial charge in [0.1, 0.15) is 5.75 Å². The van der Waals surface area contributed by atoms with Crippen LogP contribution in [0.1, 0.15) is 5.56 Å². The summed E-state index contributed by atoms with van der Waals surface area (Å²) in [4.78, 5) is 10.8. The van der Waals surface area contributed by atoms with Crippen LogP contribution in [0.5, 0.6) is 5.75 Å². The highest BCUT2D eigenvalue weighted by molar-refractivity contribution is 9.10. The van der Waals surface area contributed by atoms with Gasteiger partial charge in [0.05, 0.1) is 5.02 Å². The number of hydrogen-bond donors (Lipinski definition) is 2. The number of ether oxygens (including phenoxy) is 1. The molecule has 0 aromatic heterocycles. The van der Waals surface area contributed by atoms with E-state index in [4.69, 9.17) is 11.6 Å². The Labute approximate surface area is 109 Å². The first-order chi connectivity index (χ1) is 7.77. The molecule has 0 aliphatic heterocycles. The highest BCUT2D eigenvalue weighted by Crippen LogP contribution is 2.35. The number of carbonyl (C=O) groups is 1. The van der Waals surface area contributed by atoms with Crippen LogP contribution in [0.25, 0.3) is 0 Å². The number of nitrogens with two attached hydrogens (primary N) is 1. The number of benzene rings is 1. The molecule has 0 saturated heterocycles. The molecule has 0 atom stereocenters. The normalized spacial score (nSPS) is 11.2. The van der Waals surface area contributed by atoms with Crippen molar-refractivity contribution in [1.82, 2.24) is 5.43 Å². The number of hydrogen-bond acceptors (Lipinski definition) is 3. The zero-order chi connectivity index (χ0) is 13.2. The van der Waals surface area contributed by atoms with E-state index in [2.05, 4.69) is 26.5 Å². The minimum Gasteiger partial charge on any atom is -0.423 e. The number of rotatable bonds is 3. The maximum absolute atomic E-state index is 13.2. The fraction of sp³-hybridized carbons (Fsp3) is 0.222. The summed E-state index contributed by atoms with van der Waals surface area (Å²) < 4.78 is 31.3. The molecule has 0 unspecified atom stereocenters. The van der Waals surface area contributed by atoms with Gasteiger partial charge in [0.2, 0.25) is 0 Å². The summed E-state index contributed by atoms with van der Waals surface area (Å²) in [5.74, 6) is 2.58. The second-order valence-electron chi connectivity index (χ2n) is 3.13. The third-order valence-corrected chi connectivity index (χ3v) is 2.56. The molecule has 1 aromatic carbocycles. The van der Waals surface area contributed by atoms with Gasteiger partial charge >= 0.3 is 12.0 Å². The van der Waals surface area contributed by atoms with Crippen LogP contribution in [0.2, 0.25) is 5.02 Å². The van der Waals surface area contributed by atoms with Gasteiger partial charge in [-0.25, -0.2) is 5.84 Å². The minimum absolute atomic E-state index is 0.0404. The Morgan fingerprint density at radius 3 is 2.65 bits per heavy atom. The van der Waals surface area contributed by atoms with Gasteiger partial charge in [-0.3, -0.25) is 10.2 Å². The third-order valence-electron chi connectivity index (χ3n) is 1.82. The fourth-order valence-corrected chi connectivity index (χ4v) is 2.09. The topological polar surface area (TPSA) is 64.3 Å². The zero-order valence-electron chi connectivity index (χ0n) is 8.56. The Balaban J connectivity index is 3.07. The Hall–Kier alpha value is -0.920. The van der Waals surface area contributed by atoms with E-state index in [1.54, 1.807) is 0 Å². The van der Waals surface area contributed by atoms with Crippen molar-refractivity contribution in [2.75, 3.05) is 0 Å². The molecule has 0 heterocycles. The van der Waals surface area contributed by atoms with Crippen molar-refractivity contribution in [3.05, 3.63) is 27.2 Å². The quantitative estimate of drug-likeness (QED) is 0.508. The molecule has 1 amide bonds. The van der Waals surface area contributed by atoms with Crippen LogP contribution >= 0.6 is 27.5 Å². The van der Waals surface area contributed by atoms with E-state index in [0.717, 1.165) is 0 Å². The largest absolute Gasteiger partial charge is 0.483 e. The van der Waals surface area contributed by atoms with Crippen molar-refractivity contribution in [1.29, 1.82) is 0 Å². The summed E-state index contributed by atoms with van der Waals surface area (Å²) in [6.07, 6.45) is -4.09. The van der Waals surface area contributed by atoms with Crippen molar-refractivity contribution in [2.45, 2.75) is 13.0 Å². The predicted molar refractivity (Wildman–Crippen MR) is 61.8 cm³/mol. The first-order valence-corrected chi connectivity index (χ1v) is 5.48. The van der Waals surface area contributed by atoms with Crippen molar-refractivity contribution < 1.29 is 18.3 Å². The van der Waals surface area contributed by atoms with Gasteiger partial charge in [-0.05, 0) is 24.6 Å². The molecule has 94 valence electrons. The van der Waals surface area contributed by atoms with Crippen LogP contribution in [0, 0.1) is 6.92 Å². The lowest BCUT2D eigenvalue weighted by atomic mass is 10.2. The van der Waals surface area contributed by atoms with Crippen LogP contribution in [-0.4, -0.2) is 12.0 Å². The Morgan fingerprint density at radius 2 is 2.18 bits per heavy atom. The molecule has 1 aromatic rings. The monoisotopic (exact) mass is 328 g/mol. The summed E-state index contributed by atoms with van der Waals surface area (Å²) in [6.45, 7) is 1.52. The molecular formula is C9H8BrClF2N2O2. The first kappa shape index (κ1) is 14.1. The minimum atomic E-state index is -4.09. The molecule has 0 spiro atoms. The van der Waals surface area contributed by atoms with Gasteiger partial charge in [0.25, 0.3) is 0 Å². The van der Waals surface area contributed by atoms with E-state index in [1.807, 2.05) is 0 Å². The van der Waals surface area contributed by atoms with Crippen LogP contribution in [0.15, 0.2) is 16.6 Å². The predicted octanol–water partition coefficient (Wildman–Crippen LogP) is 2.37. The van der Waals surface area contributed by atoms with Crippen LogP contribution in [0.4, 0.5) is 8.78 Å². The molecule has 0 saturated carbocycles. The van der Waals surface area contributed by atoms with E-state index >= 15 is 0 Å². The first-order valence-electron chi connectivity index (χ1n) is 4.31. The highest BCUT2D eigenvalue weighted by atomic mass is 79.9. The second kappa shape index (κ2) is 5.16. The molecule has 0 bridgehead atoms.